The molecular formula is C17H14ClFN2O5. The molecule has 0 aliphatic heterocycles. The third-order valence-corrected chi connectivity index (χ3v) is 3.68. The Morgan fingerprint density at radius 1 is 1.19 bits per heavy atom. The van der Waals surface area contributed by atoms with E-state index < -0.39 is 29.1 Å². The largest absolute Gasteiger partial charge is 0.452 e. The van der Waals surface area contributed by atoms with E-state index in [9.17, 15) is 24.1 Å². The van der Waals surface area contributed by atoms with Crippen LogP contribution in [0.4, 0.5) is 10.1 Å². The summed E-state index contributed by atoms with van der Waals surface area (Å²) in [5.41, 5.74) is 0.335. The molecule has 2 aromatic carbocycles. The van der Waals surface area contributed by atoms with Crippen LogP contribution in [0.1, 0.15) is 15.9 Å². The first-order valence-electron chi connectivity index (χ1n) is 7.49. The van der Waals surface area contributed by atoms with E-state index in [-0.39, 0.29) is 22.9 Å². The standard InChI is InChI=1S/C17H14ClFN2O5/c18-14-6-3-12(9-15(14)21(24)25)17(23)26-10-16(22)20-8-7-11-1-4-13(19)5-2-11/h1-6,9H,7-8,10H2,(H,20,22). The molecule has 0 saturated heterocycles. The van der Waals surface area contributed by atoms with Crippen molar-refractivity contribution in [3.63, 3.8) is 0 Å². The van der Waals surface area contributed by atoms with Gasteiger partial charge in [0.25, 0.3) is 11.6 Å². The fourth-order valence-electron chi connectivity index (χ4n) is 2.04. The molecule has 0 atom stereocenters. The zero-order valence-corrected chi connectivity index (χ0v) is 14.2. The molecule has 0 aliphatic rings. The van der Waals surface area contributed by atoms with E-state index in [1.807, 2.05) is 0 Å². The highest BCUT2D eigenvalue weighted by atomic mass is 35.5. The molecule has 9 heteroatoms. The molecule has 0 bridgehead atoms. The summed E-state index contributed by atoms with van der Waals surface area (Å²) in [7, 11) is 0. The van der Waals surface area contributed by atoms with Crippen LogP contribution in [-0.2, 0) is 16.0 Å². The minimum atomic E-state index is -0.876. The van der Waals surface area contributed by atoms with Crippen LogP contribution in [0.2, 0.25) is 5.02 Å². The van der Waals surface area contributed by atoms with Gasteiger partial charge in [-0.05, 0) is 36.2 Å². The summed E-state index contributed by atoms with van der Waals surface area (Å²) in [6.07, 6.45) is 0.489. The van der Waals surface area contributed by atoms with Gasteiger partial charge in [0.15, 0.2) is 6.61 Å². The van der Waals surface area contributed by atoms with Gasteiger partial charge in [-0.3, -0.25) is 14.9 Å². The number of nitro benzene ring substituents is 1. The van der Waals surface area contributed by atoms with Crippen LogP contribution in [-0.4, -0.2) is 30.0 Å². The highest BCUT2D eigenvalue weighted by molar-refractivity contribution is 6.32. The maximum Gasteiger partial charge on any atom is 0.338 e. The number of nitrogens with zero attached hydrogens (tertiary/aromatic N) is 1. The summed E-state index contributed by atoms with van der Waals surface area (Å²) in [6.45, 7) is -0.243. The number of rotatable bonds is 7. The van der Waals surface area contributed by atoms with Gasteiger partial charge >= 0.3 is 5.97 Å². The van der Waals surface area contributed by atoms with Gasteiger partial charge in [0.1, 0.15) is 10.8 Å². The smallest absolute Gasteiger partial charge is 0.338 e. The maximum atomic E-state index is 12.8. The van der Waals surface area contributed by atoms with Crippen LogP contribution < -0.4 is 5.32 Å². The van der Waals surface area contributed by atoms with Gasteiger partial charge in [0, 0.05) is 12.6 Å². The van der Waals surface area contributed by atoms with E-state index in [1.54, 1.807) is 12.1 Å². The van der Waals surface area contributed by atoms with Crippen LogP contribution in [0.25, 0.3) is 0 Å². The summed E-state index contributed by atoms with van der Waals surface area (Å²) < 4.78 is 17.6. The molecule has 2 aromatic rings. The van der Waals surface area contributed by atoms with Crippen molar-refractivity contribution >= 4 is 29.2 Å². The average molecular weight is 381 g/mol. The van der Waals surface area contributed by atoms with Gasteiger partial charge in [-0.25, -0.2) is 9.18 Å². The predicted molar refractivity (Wildman–Crippen MR) is 91.5 cm³/mol. The second-order valence-corrected chi connectivity index (χ2v) is 5.63. The first-order valence-corrected chi connectivity index (χ1v) is 7.87. The second-order valence-electron chi connectivity index (χ2n) is 5.23. The number of hydrogen-bond donors (Lipinski definition) is 1. The van der Waals surface area contributed by atoms with E-state index in [0.29, 0.717) is 6.42 Å². The molecule has 136 valence electrons. The number of carbonyl (C=O) groups is 2. The number of nitrogens with one attached hydrogen (secondary N) is 1. The number of carbonyl (C=O) groups excluding carboxylic acids is 2. The van der Waals surface area contributed by atoms with Gasteiger partial charge in [-0.2, -0.15) is 0 Å². The average Bonchev–Trinajstić information content (AvgIpc) is 2.61. The molecule has 7 nitrogen and oxygen atoms in total. The quantitative estimate of drug-likeness (QED) is 0.452. The first kappa shape index (κ1) is 19.3. The van der Waals surface area contributed by atoms with Crippen molar-refractivity contribution < 1.29 is 23.6 Å². The Hall–Kier alpha value is -3.00. The van der Waals surface area contributed by atoms with Crippen molar-refractivity contribution in [2.45, 2.75) is 6.42 Å². The number of amides is 1. The van der Waals surface area contributed by atoms with Crippen molar-refractivity contribution in [1.29, 1.82) is 0 Å². The van der Waals surface area contributed by atoms with Crippen molar-refractivity contribution in [3.05, 3.63) is 74.5 Å². The van der Waals surface area contributed by atoms with Crippen molar-refractivity contribution in [2.75, 3.05) is 13.2 Å². The Kier molecular flexibility index (Phi) is 6.62. The first-order chi connectivity index (χ1) is 12.4. The van der Waals surface area contributed by atoms with Crippen LogP contribution in [0, 0.1) is 15.9 Å². The van der Waals surface area contributed by atoms with Gasteiger partial charge in [-0.1, -0.05) is 23.7 Å². The van der Waals surface area contributed by atoms with Crippen molar-refractivity contribution in [3.8, 4) is 0 Å². The summed E-state index contributed by atoms with van der Waals surface area (Å²) in [5.74, 6) is -1.74. The maximum absolute atomic E-state index is 12.8. The molecule has 0 aliphatic carbocycles. The highest BCUT2D eigenvalue weighted by Crippen LogP contribution is 2.25. The van der Waals surface area contributed by atoms with Crippen LogP contribution >= 0.6 is 11.6 Å². The monoisotopic (exact) mass is 380 g/mol. The van der Waals surface area contributed by atoms with Crippen LogP contribution in [0.3, 0.4) is 0 Å². The van der Waals surface area contributed by atoms with E-state index in [1.165, 1.54) is 24.3 Å². The zero-order chi connectivity index (χ0) is 19.1. The van der Waals surface area contributed by atoms with Gasteiger partial charge in [0.2, 0.25) is 0 Å². The Bertz CT molecular complexity index is 826. The zero-order valence-electron chi connectivity index (χ0n) is 13.4. The lowest BCUT2D eigenvalue weighted by molar-refractivity contribution is -0.384. The predicted octanol–water partition coefficient (Wildman–Crippen LogP) is 2.90. The molecular weight excluding hydrogens is 367 g/mol. The molecule has 0 saturated carbocycles. The lowest BCUT2D eigenvalue weighted by Crippen LogP contribution is -2.30. The third kappa shape index (κ3) is 5.52. The van der Waals surface area contributed by atoms with E-state index in [0.717, 1.165) is 11.6 Å². The number of esters is 1. The summed E-state index contributed by atoms with van der Waals surface area (Å²) in [6, 6.07) is 9.32. The lowest BCUT2D eigenvalue weighted by atomic mass is 10.1. The van der Waals surface area contributed by atoms with Gasteiger partial charge < -0.3 is 10.1 Å². The Balaban J connectivity index is 1.79. The Morgan fingerprint density at radius 2 is 1.88 bits per heavy atom. The molecule has 1 N–H and O–H groups in total. The fraction of sp³-hybridized carbons (Fsp3) is 0.176. The van der Waals surface area contributed by atoms with Gasteiger partial charge in [0.05, 0.1) is 10.5 Å². The van der Waals surface area contributed by atoms with Gasteiger partial charge in [-0.15, -0.1) is 0 Å². The molecule has 2 rings (SSSR count). The molecule has 0 fully saturated rings. The summed E-state index contributed by atoms with van der Waals surface area (Å²) >= 11 is 5.66. The van der Waals surface area contributed by atoms with Crippen molar-refractivity contribution in [2.24, 2.45) is 0 Å². The third-order valence-electron chi connectivity index (χ3n) is 3.36. The molecule has 26 heavy (non-hydrogen) atoms. The highest BCUT2D eigenvalue weighted by Gasteiger charge is 2.17. The number of hydrogen-bond acceptors (Lipinski definition) is 5. The van der Waals surface area contributed by atoms with E-state index in [4.69, 9.17) is 16.3 Å². The second kappa shape index (κ2) is 8.91. The van der Waals surface area contributed by atoms with E-state index in [2.05, 4.69) is 5.32 Å². The van der Waals surface area contributed by atoms with Crippen LogP contribution in [0.5, 0.6) is 0 Å². The Morgan fingerprint density at radius 3 is 2.54 bits per heavy atom. The summed E-state index contributed by atoms with van der Waals surface area (Å²) in [4.78, 5) is 33.6. The normalized spacial score (nSPS) is 10.2. The molecule has 0 radical (unpaired) electrons. The molecule has 0 heterocycles. The lowest BCUT2D eigenvalue weighted by Gasteiger charge is -2.07. The van der Waals surface area contributed by atoms with E-state index >= 15 is 0 Å². The molecule has 0 aromatic heterocycles. The molecule has 1 amide bonds. The van der Waals surface area contributed by atoms with Crippen LogP contribution in [0.15, 0.2) is 42.5 Å². The molecule has 0 unspecified atom stereocenters. The number of benzene rings is 2. The molecule has 0 spiro atoms. The summed E-state index contributed by atoms with van der Waals surface area (Å²) in [5, 5.41) is 13.2. The number of nitro groups is 1. The number of halogens is 2. The fourth-order valence-corrected chi connectivity index (χ4v) is 2.23. The minimum Gasteiger partial charge on any atom is -0.452 e. The SMILES string of the molecule is O=C(COC(=O)c1ccc(Cl)c([N+](=O)[O-])c1)NCCc1ccc(F)cc1. The Labute approximate surface area is 152 Å². The minimum absolute atomic E-state index is 0.0831. The topological polar surface area (TPSA) is 98.5 Å². The van der Waals surface area contributed by atoms with Crippen molar-refractivity contribution in [1.82, 2.24) is 5.32 Å². The number of ether oxygens (including phenoxy) is 1.